The van der Waals surface area contributed by atoms with Gasteiger partial charge in [0.05, 0.1) is 0 Å². The normalized spacial score (nSPS) is 30.4. The Labute approximate surface area is 373 Å². The van der Waals surface area contributed by atoms with Gasteiger partial charge in [-0.15, -0.1) is 13.2 Å². The van der Waals surface area contributed by atoms with Gasteiger partial charge in [0, 0.05) is 47.1 Å². The second-order valence-electron chi connectivity index (χ2n) is 20.9. The highest BCUT2D eigenvalue weighted by Gasteiger charge is 2.52. The summed E-state index contributed by atoms with van der Waals surface area (Å²) in [7, 11) is 0. The molecule has 346 valence electrons. The number of nitrogens with zero attached hydrogens (tertiary/aromatic N) is 6. The molecule has 2 atom stereocenters. The highest BCUT2D eigenvalue weighted by Crippen LogP contribution is 2.49. The molecule has 4 aliphatic carbocycles. The number of nitrogens with two attached hydrogens (primary N) is 2. The van der Waals surface area contributed by atoms with Gasteiger partial charge in [-0.2, -0.15) is 9.98 Å². The van der Waals surface area contributed by atoms with Crippen molar-refractivity contribution in [2.75, 3.05) is 26.2 Å². The quantitative estimate of drug-likeness (QED) is 0.0512. The van der Waals surface area contributed by atoms with Crippen LogP contribution >= 0.6 is 0 Å². The van der Waals surface area contributed by atoms with Crippen LogP contribution in [0.15, 0.2) is 45.3 Å². The van der Waals surface area contributed by atoms with Crippen LogP contribution in [0.3, 0.4) is 0 Å². The zero-order valence-corrected chi connectivity index (χ0v) is 38.3. The van der Waals surface area contributed by atoms with Crippen LogP contribution in [0.1, 0.15) is 180 Å². The molecule has 6 fully saturated rings. The van der Waals surface area contributed by atoms with Crippen molar-refractivity contribution in [2.45, 2.75) is 215 Å². The summed E-state index contributed by atoms with van der Waals surface area (Å²) in [6.45, 7) is 10.8. The van der Waals surface area contributed by atoms with Crippen LogP contribution < -0.4 is 43.6 Å². The van der Waals surface area contributed by atoms with Crippen LogP contribution in [-0.2, 0) is 0 Å². The van der Waals surface area contributed by atoms with Crippen molar-refractivity contribution in [3.8, 4) is 0 Å². The first kappa shape index (κ1) is 45.7. The second kappa shape index (κ2) is 21.0. The minimum atomic E-state index is -0.351. The first-order chi connectivity index (χ1) is 30.3. The van der Waals surface area contributed by atoms with Gasteiger partial charge in [0.1, 0.15) is 11.7 Å². The Morgan fingerprint density at radius 1 is 0.516 bits per heavy atom. The largest absolute Gasteiger partial charge is 0.351 e. The van der Waals surface area contributed by atoms with E-state index in [1.165, 1.54) is 128 Å². The molecule has 0 aromatic heterocycles. The Kier molecular flexibility index (Phi) is 15.4. The van der Waals surface area contributed by atoms with Crippen LogP contribution in [0.25, 0.3) is 0 Å². The molecule has 8 aliphatic rings. The minimum Gasteiger partial charge on any atom is -0.351 e. The monoisotopic (exact) mass is 857 g/mol. The molecule has 2 saturated heterocycles. The highest BCUT2D eigenvalue weighted by atomic mass is 15.6. The zero-order chi connectivity index (χ0) is 42.9. The van der Waals surface area contributed by atoms with Crippen LogP contribution in [0.2, 0.25) is 0 Å². The molecule has 0 amide bonds. The van der Waals surface area contributed by atoms with Gasteiger partial charge in [0.2, 0.25) is 11.9 Å². The minimum absolute atomic E-state index is 0.193. The average molecular weight is 857 g/mol. The summed E-state index contributed by atoms with van der Waals surface area (Å²) in [5.74, 6) is 18.0. The van der Waals surface area contributed by atoms with Crippen molar-refractivity contribution >= 4 is 23.6 Å². The van der Waals surface area contributed by atoms with E-state index < -0.39 is 0 Å². The number of rotatable bonds is 15. The third kappa shape index (κ3) is 11.0. The lowest BCUT2D eigenvalue weighted by Crippen LogP contribution is -2.67. The van der Waals surface area contributed by atoms with Crippen LogP contribution in [0.5, 0.6) is 0 Å². The van der Waals surface area contributed by atoms with Gasteiger partial charge >= 0.3 is 0 Å². The maximum Gasteiger partial charge on any atom is 0.223 e. The van der Waals surface area contributed by atoms with E-state index >= 15 is 0 Å². The topological polar surface area (TPSA) is 180 Å². The molecule has 0 bridgehead atoms. The highest BCUT2D eigenvalue weighted by molar-refractivity contribution is 5.99. The molecule has 10 N–H and O–H groups in total. The molecule has 14 nitrogen and oxygen atoms in total. The molecule has 14 heteroatoms. The lowest BCUT2D eigenvalue weighted by atomic mass is 9.63. The third-order valence-corrected chi connectivity index (χ3v) is 16.1. The van der Waals surface area contributed by atoms with E-state index in [4.69, 9.17) is 31.7 Å². The molecule has 0 radical (unpaired) electrons. The fraction of sp³-hybridized carbons (Fsp3) is 0.833. The van der Waals surface area contributed by atoms with Crippen molar-refractivity contribution in [3.63, 3.8) is 0 Å². The number of guanidine groups is 2. The molecule has 4 spiro atoms. The van der Waals surface area contributed by atoms with Crippen molar-refractivity contribution < 1.29 is 0 Å². The number of hydrogen-bond donors (Lipinski definition) is 8. The molecule has 62 heavy (non-hydrogen) atoms. The summed E-state index contributed by atoms with van der Waals surface area (Å²) in [4.78, 5) is 20.2. The molecule has 0 aromatic carbocycles. The van der Waals surface area contributed by atoms with Gasteiger partial charge in [-0.25, -0.2) is 21.7 Å². The van der Waals surface area contributed by atoms with Crippen molar-refractivity contribution in [2.24, 2.45) is 43.5 Å². The van der Waals surface area contributed by atoms with E-state index in [-0.39, 0.29) is 34.7 Å². The Bertz CT molecular complexity index is 1440. The summed E-state index contributed by atoms with van der Waals surface area (Å²) >= 11 is 0. The lowest BCUT2D eigenvalue weighted by molar-refractivity contribution is 0.0459. The molecule has 0 aromatic rings. The summed E-state index contributed by atoms with van der Waals surface area (Å²) < 4.78 is 0. The maximum absolute atomic E-state index is 7.02. The van der Waals surface area contributed by atoms with Crippen molar-refractivity contribution in [1.29, 1.82) is 0 Å². The smallest absolute Gasteiger partial charge is 0.223 e. The molecule has 2 unspecified atom stereocenters. The number of piperidine rings is 2. The average Bonchev–Trinajstić information content (AvgIpc) is 3.27. The van der Waals surface area contributed by atoms with Gasteiger partial charge in [0.25, 0.3) is 0 Å². The van der Waals surface area contributed by atoms with Gasteiger partial charge in [-0.1, -0.05) is 102 Å². The Balaban J connectivity index is 0.837. The maximum atomic E-state index is 7.02. The van der Waals surface area contributed by atoms with Crippen LogP contribution in [0, 0.1) is 11.8 Å². The van der Waals surface area contributed by atoms with Gasteiger partial charge in [0.15, 0.2) is 12.6 Å². The third-order valence-electron chi connectivity index (χ3n) is 16.1. The number of amidine groups is 2. The molecule has 4 saturated carbocycles. The van der Waals surface area contributed by atoms with E-state index in [0.29, 0.717) is 36.8 Å². The lowest BCUT2D eigenvalue weighted by Gasteiger charge is -2.56. The second-order valence-corrected chi connectivity index (χ2v) is 20.9. The molecular formula is C48H84N14. The first-order valence-electron chi connectivity index (χ1n) is 25.4. The molecular weight excluding hydrogens is 773 g/mol. The molecule has 4 aliphatic heterocycles. The van der Waals surface area contributed by atoms with Gasteiger partial charge in [-0.05, 0) is 103 Å². The Hall–Kier alpha value is -2.88. The number of hydrogen-bond acceptors (Lipinski definition) is 14. The van der Waals surface area contributed by atoms with Crippen LogP contribution in [0.4, 0.5) is 0 Å². The summed E-state index contributed by atoms with van der Waals surface area (Å²) in [5, 5.41) is 26.6. The first-order valence-corrected chi connectivity index (χ1v) is 25.4. The number of aliphatic imine (C=N–C) groups is 4. The predicted molar refractivity (Wildman–Crippen MR) is 255 cm³/mol. The van der Waals surface area contributed by atoms with Crippen molar-refractivity contribution in [3.05, 3.63) is 25.3 Å². The summed E-state index contributed by atoms with van der Waals surface area (Å²) in [6.07, 6.45) is 37.7. The van der Waals surface area contributed by atoms with Crippen LogP contribution in [-0.4, -0.2) is 94.5 Å². The Morgan fingerprint density at radius 3 is 1.15 bits per heavy atom. The predicted octanol–water partition coefficient (Wildman–Crippen LogP) is 6.54. The van der Waals surface area contributed by atoms with E-state index in [1.54, 1.807) is 0 Å². The summed E-state index contributed by atoms with van der Waals surface area (Å²) in [5.41, 5.74) is 0.771. The standard InChI is InChI=1S/C48H84N14/c1-3-29-51-41-55-39(37-33-45(21-11-7-12-22-45)59-46(34-37)23-13-8-14-24-46)61(49)43(57-41)53-31-19-5-6-20-32-54-44-58-42(52-30-4-2)56-40(62(44)50)38-35-47(25-15-9-16-26-47)60-48(36-38)27-17-10-18-28-48/h3-4,37-38,43-44,53-54,59-60H,1-2,5-36,49-50H2,(H,51,57)(H,52,58). The zero-order valence-electron chi connectivity index (χ0n) is 38.3. The van der Waals surface area contributed by atoms with Gasteiger partial charge in [-0.3, -0.25) is 20.7 Å². The molecule has 4 heterocycles. The fourth-order valence-electron chi connectivity index (χ4n) is 13.4. The van der Waals surface area contributed by atoms with E-state index in [9.17, 15) is 0 Å². The number of hydrazine groups is 2. The SMILES string of the molecule is C=CCNC1=NC(NCCCCCCNC2N=C(NCC=C)N=C(C3CC4(CCCCC4)NC4(CCCCC4)C3)N2N)N(N)C(C2CC3(CCCCC3)NC3(CCCCC3)C2)=N1. The van der Waals surface area contributed by atoms with E-state index in [1.807, 2.05) is 22.2 Å². The van der Waals surface area contributed by atoms with E-state index in [0.717, 1.165) is 76.1 Å². The van der Waals surface area contributed by atoms with Gasteiger partial charge < -0.3 is 21.3 Å². The number of nitrogens with one attached hydrogen (secondary N) is 6. The number of unbranched alkanes of at least 4 members (excludes halogenated alkanes) is 3. The van der Waals surface area contributed by atoms with E-state index in [2.05, 4.69) is 45.1 Å². The summed E-state index contributed by atoms with van der Waals surface area (Å²) in [6, 6.07) is 0. The fourth-order valence-corrected chi connectivity index (χ4v) is 13.4. The van der Waals surface area contributed by atoms with Crippen molar-refractivity contribution in [1.82, 2.24) is 41.9 Å². The Morgan fingerprint density at radius 2 is 0.839 bits per heavy atom. The molecule has 8 rings (SSSR count).